The topological polar surface area (TPSA) is 26.0 Å². The van der Waals surface area contributed by atoms with Gasteiger partial charge in [0.25, 0.3) is 0 Å². The van der Waals surface area contributed by atoms with Crippen LogP contribution in [0.25, 0.3) is 0 Å². The van der Waals surface area contributed by atoms with Gasteiger partial charge in [0.2, 0.25) is 0 Å². The van der Waals surface area contributed by atoms with Crippen LogP contribution in [0.15, 0.2) is 18.2 Å². The highest BCUT2D eigenvalue weighted by atomic mass is 14.8. The number of unbranched alkanes of at least 4 members (excludes halogenated alkanes) is 4. The van der Waals surface area contributed by atoms with E-state index in [1.807, 2.05) is 0 Å². The van der Waals surface area contributed by atoms with E-state index < -0.39 is 0 Å². The Morgan fingerprint density at radius 2 is 1.88 bits per heavy atom. The highest BCUT2D eigenvalue weighted by Crippen LogP contribution is 2.42. The fraction of sp³-hybridized carbons (Fsp3) is 0.750. The third-order valence-electron chi connectivity index (χ3n) is 7.10. The van der Waals surface area contributed by atoms with Crippen LogP contribution in [0.2, 0.25) is 0 Å². The van der Waals surface area contributed by atoms with E-state index >= 15 is 0 Å². The number of nitrogens with two attached hydrogens (primary N) is 1. The molecule has 1 aromatic rings. The minimum absolute atomic E-state index is 0.101. The fourth-order valence-electron chi connectivity index (χ4n) is 5.15. The van der Waals surface area contributed by atoms with Gasteiger partial charge in [-0.25, -0.2) is 0 Å². The summed E-state index contributed by atoms with van der Waals surface area (Å²) in [4.78, 5) is 0. The van der Waals surface area contributed by atoms with Gasteiger partial charge in [0, 0.05) is 5.54 Å². The lowest BCUT2D eigenvalue weighted by molar-refractivity contribution is 0.404. The van der Waals surface area contributed by atoms with E-state index in [2.05, 4.69) is 32.0 Å². The van der Waals surface area contributed by atoms with Crippen molar-refractivity contribution in [2.24, 2.45) is 11.7 Å². The van der Waals surface area contributed by atoms with Crippen molar-refractivity contribution in [3.05, 3.63) is 34.9 Å². The summed E-state index contributed by atoms with van der Waals surface area (Å²) in [6.45, 7) is 4.55. The van der Waals surface area contributed by atoms with Crippen molar-refractivity contribution in [1.29, 1.82) is 0 Å². The van der Waals surface area contributed by atoms with Gasteiger partial charge >= 0.3 is 0 Å². The Morgan fingerprint density at radius 1 is 1.04 bits per heavy atom. The molecule has 0 aromatic heterocycles. The van der Waals surface area contributed by atoms with Crippen LogP contribution in [0.4, 0.5) is 0 Å². The number of aryl methyl sites for hydroxylation is 1. The Balaban J connectivity index is 1.53. The third-order valence-corrected chi connectivity index (χ3v) is 7.10. The second-order valence-corrected chi connectivity index (χ2v) is 9.00. The second kappa shape index (κ2) is 8.71. The molecule has 0 spiro atoms. The molecule has 3 rings (SSSR count). The molecule has 0 bridgehead atoms. The average molecular weight is 342 g/mol. The number of rotatable bonds is 8. The molecule has 25 heavy (non-hydrogen) atoms. The van der Waals surface area contributed by atoms with Gasteiger partial charge in [0.05, 0.1) is 0 Å². The van der Waals surface area contributed by atoms with Gasteiger partial charge in [-0.2, -0.15) is 0 Å². The van der Waals surface area contributed by atoms with E-state index in [0.29, 0.717) is 5.92 Å². The van der Waals surface area contributed by atoms with Gasteiger partial charge < -0.3 is 5.73 Å². The molecular weight excluding hydrogens is 302 g/mol. The molecule has 1 aromatic carbocycles. The molecule has 0 aliphatic heterocycles. The Kier molecular flexibility index (Phi) is 6.61. The van der Waals surface area contributed by atoms with Gasteiger partial charge in [-0.1, -0.05) is 70.6 Å². The number of hydrogen-bond acceptors (Lipinski definition) is 1. The molecule has 1 saturated carbocycles. The summed E-state index contributed by atoms with van der Waals surface area (Å²) < 4.78 is 0. The predicted octanol–water partition coefficient (Wildman–Crippen LogP) is 6.53. The van der Waals surface area contributed by atoms with Crippen molar-refractivity contribution in [1.82, 2.24) is 0 Å². The lowest BCUT2D eigenvalue weighted by atomic mass is 9.79. The maximum Gasteiger partial charge on any atom is 0.0157 e. The average Bonchev–Trinajstić information content (AvgIpc) is 3.04. The van der Waals surface area contributed by atoms with Gasteiger partial charge in [0.15, 0.2) is 0 Å². The number of fused-ring (bicyclic) bond motifs is 1. The van der Waals surface area contributed by atoms with Crippen LogP contribution < -0.4 is 5.73 Å². The minimum atomic E-state index is 0.101. The number of benzene rings is 1. The standard InChI is InChI=1S/C24H39N/c1-3-5-6-7-8-9-19-10-11-21-17-22(13-12-20(21)16-19)23-14-15-24(25,4-2)18-23/h12-13,17,19,23H,3-11,14-16,18,25H2,1-2H3/t19?,23-,24+/m0/s1. The van der Waals surface area contributed by atoms with Gasteiger partial charge in [-0.15, -0.1) is 0 Å². The summed E-state index contributed by atoms with van der Waals surface area (Å²) in [6.07, 6.45) is 17.3. The summed E-state index contributed by atoms with van der Waals surface area (Å²) in [6, 6.07) is 7.42. The van der Waals surface area contributed by atoms with Crippen LogP contribution in [-0.4, -0.2) is 5.54 Å². The molecule has 1 fully saturated rings. The SMILES string of the molecule is CCCCCCCC1CCc2cc([C@H]3CC[C@](N)(CC)C3)ccc2C1. The Labute approximate surface area is 155 Å². The van der Waals surface area contributed by atoms with Gasteiger partial charge in [0.1, 0.15) is 0 Å². The zero-order chi connectivity index (χ0) is 17.7. The molecule has 0 saturated heterocycles. The molecule has 1 heteroatoms. The maximum atomic E-state index is 6.52. The first-order chi connectivity index (χ1) is 12.1. The Hall–Kier alpha value is -0.820. The molecule has 2 N–H and O–H groups in total. The van der Waals surface area contributed by atoms with E-state index in [-0.39, 0.29) is 5.54 Å². The van der Waals surface area contributed by atoms with E-state index in [1.165, 1.54) is 77.0 Å². The van der Waals surface area contributed by atoms with Crippen LogP contribution in [0.3, 0.4) is 0 Å². The quantitative estimate of drug-likeness (QED) is 0.535. The molecule has 0 amide bonds. The first-order valence-electron chi connectivity index (χ1n) is 11.0. The first kappa shape index (κ1) is 19.0. The van der Waals surface area contributed by atoms with Crippen molar-refractivity contribution in [2.45, 2.75) is 109 Å². The summed E-state index contributed by atoms with van der Waals surface area (Å²) in [5.74, 6) is 1.63. The normalized spacial score (nSPS) is 28.9. The molecule has 3 atom stereocenters. The lowest BCUT2D eigenvalue weighted by Crippen LogP contribution is -2.35. The first-order valence-corrected chi connectivity index (χ1v) is 11.0. The van der Waals surface area contributed by atoms with E-state index in [4.69, 9.17) is 5.73 Å². The van der Waals surface area contributed by atoms with Gasteiger partial charge in [-0.3, -0.25) is 0 Å². The summed E-state index contributed by atoms with van der Waals surface area (Å²) in [5.41, 5.74) is 11.5. The van der Waals surface area contributed by atoms with Crippen molar-refractivity contribution in [2.75, 3.05) is 0 Å². The van der Waals surface area contributed by atoms with Crippen LogP contribution in [0.1, 0.15) is 107 Å². The van der Waals surface area contributed by atoms with Gasteiger partial charge in [-0.05, 0) is 73.5 Å². The van der Waals surface area contributed by atoms with E-state index in [0.717, 1.165) is 12.3 Å². The highest BCUT2D eigenvalue weighted by Gasteiger charge is 2.35. The molecule has 2 aliphatic rings. The summed E-state index contributed by atoms with van der Waals surface area (Å²) in [7, 11) is 0. The van der Waals surface area contributed by atoms with Crippen LogP contribution in [-0.2, 0) is 12.8 Å². The molecule has 140 valence electrons. The summed E-state index contributed by atoms with van der Waals surface area (Å²) >= 11 is 0. The van der Waals surface area contributed by atoms with E-state index in [9.17, 15) is 0 Å². The van der Waals surface area contributed by atoms with Crippen molar-refractivity contribution < 1.29 is 0 Å². The van der Waals surface area contributed by atoms with E-state index in [1.54, 1.807) is 16.7 Å². The highest BCUT2D eigenvalue weighted by molar-refractivity contribution is 5.36. The molecule has 0 radical (unpaired) electrons. The van der Waals surface area contributed by atoms with Crippen molar-refractivity contribution in [3.63, 3.8) is 0 Å². The molecule has 1 unspecified atom stereocenters. The second-order valence-electron chi connectivity index (χ2n) is 9.00. The monoisotopic (exact) mass is 341 g/mol. The van der Waals surface area contributed by atoms with Crippen LogP contribution >= 0.6 is 0 Å². The minimum Gasteiger partial charge on any atom is -0.325 e. The van der Waals surface area contributed by atoms with Crippen molar-refractivity contribution in [3.8, 4) is 0 Å². The molecule has 0 heterocycles. The molecule has 1 nitrogen and oxygen atoms in total. The van der Waals surface area contributed by atoms with Crippen LogP contribution in [0.5, 0.6) is 0 Å². The fourth-order valence-corrected chi connectivity index (χ4v) is 5.15. The zero-order valence-corrected chi connectivity index (χ0v) is 16.7. The molecular formula is C24H39N. The third kappa shape index (κ3) is 4.88. The lowest BCUT2D eigenvalue weighted by Gasteiger charge is -2.26. The largest absolute Gasteiger partial charge is 0.325 e. The summed E-state index contributed by atoms with van der Waals surface area (Å²) in [5, 5.41) is 0. The van der Waals surface area contributed by atoms with Crippen LogP contribution in [0, 0.1) is 5.92 Å². The maximum absolute atomic E-state index is 6.52. The predicted molar refractivity (Wildman–Crippen MR) is 109 cm³/mol. The Morgan fingerprint density at radius 3 is 2.64 bits per heavy atom. The Bertz CT molecular complexity index is 549. The smallest absolute Gasteiger partial charge is 0.0157 e. The number of hydrogen-bond donors (Lipinski definition) is 1. The zero-order valence-electron chi connectivity index (χ0n) is 16.7. The molecule has 2 aliphatic carbocycles. The van der Waals surface area contributed by atoms with Crippen molar-refractivity contribution >= 4 is 0 Å².